The summed E-state index contributed by atoms with van der Waals surface area (Å²) in [6.07, 6.45) is 0.458. The molecule has 1 aromatic carbocycles. The molecular formula is C12H16O3. The van der Waals surface area contributed by atoms with Crippen molar-refractivity contribution in [1.29, 1.82) is 0 Å². The summed E-state index contributed by atoms with van der Waals surface area (Å²) in [6.45, 7) is 2.61. The maximum Gasteiger partial charge on any atom is 0.133 e. The first-order chi connectivity index (χ1) is 7.22. The van der Waals surface area contributed by atoms with Crippen LogP contribution < -0.4 is 4.74 Å². The van der Waals surface area contributed by atoms with Crippen LogP contribution in [0, 0.1) is 0 Å². The minimum Gasteiger partial charge on any atom is -0.493 e. The van der Waals surface area contributed by atoms with Gasteiger partial charge in [-0.05, 0) is 24.6 Å². The van der Waals surface area contributed by atoms with Crippen molar-refractivity contribution in [2.24, 2.45) is 0 Å². The molecule has 1 aromatic rings. The van der Waals surface area contributed by atoms with Gasteiger partial charge in [-0.2, -0.15) is 0 Å². The molecule has 0 aromatic heterocycles. The Bertz CT molecular complexity index is 303. The predicted molar refractivity (Wildman–Crippen MR) is 57.9 cm³/mol. The zero-order valence-electron chi connectivity index (χ0n) is 9.16. The molecule has 0 bridgehead atoms. The van der Waals surface area contributed by atoms with Crippen molar-refractivity contribution in [3.05, 3.63) is 29.8 Å². The Labute approximate surface area is 90.0 Å². The van der Waals surface area contributed by atoms with Gasteiger partial charge in [0.2, 0.25) is 0 Å². The van der Waals surface area contributed by atoms with Gasteiger partial charge < -0.3 is 9.47 Å². The zero-order chi connectivity index (χ0) is 11.1. The molecule has 0 aliphatic heterocycles. The third kappa shape index (κ3) is 4.61. The Kier molecular flexibility index (Phi) is 4.84. The molecule has 0 amide bonds. The van der Waals surface area contributed by atoms with Crippen LogP contribution in [0.3, 0.4) is 0 Å². The van der Waals surface area contributed by atoms with Crippen LogP contribution in [-0.4, -0.2) is 19.5 Å². The van der Waals surface area contributed by atoms with Crippen LogP contribution >= 0.6 is 0 Å². The van der Waals surface area contributed by atoms with Crippen molar-refractivity contribution in [1.82, 2.24) is 0 Å². The summed E-state index contributed by atoms with van der Waals surface area (Å²) in [4.78, 5) is 10.7. The van der Waals surface area contributed by atoms with Gasteiger partial charge in [0.15, 0.2) is 0 Å². The highest BCUT2D eigenvalue weighted by molar-refractivity contribution is 5.75. The Morgan fingerprint density at radius 3 is 2.47 bits per heavy atom. The van der Waals surface area contributed by atoms with Gasteiger partial charge in [-0.25, -0.2) is 0 Å². The first kappa shape index (κ1) is 11.7. The molecule has 0 heterocycles. The topological polar surface area (TPSA) is 35.5 Å². The van der Waals surface area contributed by atoms with Gasteiger partial charge in [0, 0.05) is 13.5 Å². The molecule has 0 unspecified atom stereocenters. The van der Waals surface area contributed by atoms with E-state index in [-0.39, 0.29) is 5.78 Å². The molecule has 1 rings (SSSR count). The van der Waals surface area contributed by atoms with E-state index in [0.29, 0.717) is 19.6 Å². The van der Waals surface area contributed by atoms with E-state index in [0.717, 1.165) is 11.3 Å². The molecule has 15 heavy (non-hydrogen) atoms. The first-order valence-electron chi connectivity index (χ1n) is 4.92. The molecule has 3 nitrogen and oxygen atoms in total. The molecule has 0 spiro atoms. The molecule has 82 valence electrons. The van der Waals surface area contributed by atoms with Crippen molar-refractivity contribution in [2.75, 3.05) is 13.7 Å². The fraction of sp³-hybridized carbons (Fsp3) is 0.417. The molecule has 0 radical (unpaired) electrons. The second kappa shape index (κ2) is 6.19. The number of benzene rings is 1. The standard InChI is InChI=1S/C12H16O3/c1-10(13)7-8-15-12-5-3-11(4-6-12)9-14-2/h3-6H,7-9H2,1-2H3. The molecule has 0 N–H and O–H groups in total. The van der Waals surface area contributed by atoms with Crippen LogP contribution in [-0.2, 0) is 16.1 Å². The molecule has 3 heteroatoms. The quantitative estimate of drug-likeness (QED) is 0.718. The molecule has 0 saturated carbocycles. The number of carbonyl (C=O) groups is 1. The number of ether oxygens (including phenoxy) is 2. The minimum absolute atomic E-state index is 0.144. The maximum absolute atomic E-state index is 10.7. The van der Waals surface area contributed by atoms with Crippen molar-refractivity contribution >= 4 is 5.78 Å². The summed E-state index contributed by atoms with van der Waals surface area (Å²) in [5.41, 5.74) is 1.11. The Morgan fingerprint density at radius 1 is 1.27 bits per heavy atom. The number of hydrogen-bond acceptors (Lipinski definition) is 3. The maximum atomic E-state index is 10.7. The smallest absolute Gasteiger partial charge is 0.133 e. The van der Waals surface area contributed by atoms with E-state index in [1.807, 2.05) is 24.3 Å². The second-order valence-corrected chi connectivity index (χ2v) is 3.38. The number of ketones is 1. The lowest BCUT2D eigenvalue weighted by Crippen LogP contribution is -2.02. The number of rotatable bonds is 6. The van der Waals surface area contributed by atoms with E-state index < -0.39 is 0 Å². The number of hydrogen-bond donors (Lipinski definition) is 0. The summed E-state index contributed by atoms with van der Waals surface area (Å²) < 4.78 is 10.4. The van der Waals surface area contributed by atoms with Crippen LogP contribution in [0.1, 0.15) is 18.9 Å². The van der Waals surface area contributed by atoms with Gasteiger partial charge in [0.1, 0.15) is 11.5 Å². The second-order valence-electron chi connectivity index (χ2n) is 3.38. The highest BCUT2D eigenvalue weighted by atomic mass is 16.5. The third-order valence-electron chi connectivity index (χ3n) is 1.96. The zero-order valence-corrected chi connectivity index (χ0v) is 9.16. The summed E-state index contributed by atoms with van der Waals surface area (Å²) in [7, 11) is 1.66. The third-order valence-corrected chi connectivity index (χ3v) is 1.96. The van der Waals surface area contributed by atoms with Crippen molar-refractivity contribution in [3.8, 4) is 5.75 Å². The summed E-state index contributed by atoms with van der Waals surface area (Å²) in [6, 6.07) is 7.67. The molecule has 0 atom stereocenters. The van der Waals surface area contributed by atoms with Gasteiger partial charge in [-0.15, -0.1) is 0 Å². The average Bonchev–Trinajstić information content (AvgIpc) is 2.20. The highest BCUT2D eigenvalue weighted by Gasteiger charge is 1.97. The highest BCUT2D eigenvalue weighted by Crippen LogP contribution is 2.12. The van der Waals surface area contributed by atoms with Crippen LogP contribution in [0.2, 0.25) is 0 Å². The number of methoxy groups -OCH3 is 1. The fourth-order valence-electron chi connectivity index (χ4n) is 1.16. The van der Waals surface area contributed by atoms with Gasteiger partial charge >= 0.3 is 0 Å². The van der Waals surface area contributed by atoms with Crippen molar-refractivity contribution < 1.29 is 14.3 Å². The number of carbonyl (C=O) groups excluding carboxylic acids is 1. The van der Waals surface area contributed by atoms with E-state index in [1.54, 1.807) is 14.0 Å². The van der Waals surface area contributed by atoms with Gasteiger partial charge in [-0.3, -0.25) is 4.79 Å². The van der Waals surface area contributed by atoms with Crippen LogP contribution in [0.15, 0.2) is 24.3 Å². The van der Waals surface area contributed by atoms with Gasteiger partial charge in [0.25, 0.3) is 0 Å². The Morgan fingerprint density at radius 2 is 1.93 bits per heavy atom. The first-order valence-corrected chi connectivity index (χ1v) is 4.92. The van der Waals surface area contributed by atoms with Crippen molar-refractivity contribution in [2.45, 2.75) is 20.0 Å². The number of Topliss-reactive ketones (excluding diaryl/α,β-unsaturated/α-hetero) is 1. The molecule has 0 aliphatic carbocycles. The normalized spacial score (nSPS) is 10.0. The molecule has 0 fully saturated rings. The lowest BCUT2D eigenvalue weighted by atomic mass is 10.2. The van der Waals surface area contributed by atoms with Crippen LogP contribution in [0.5, 0.6) is 5.75 Å². The largest absolute Gasteiger partial charge is 0.493 e. The molecule has 0 saturated heterocycles. The molecular weight excluding hydrogens is 192 g/mol. The summed E-state index contributed by atoms with van der Waals surface area (Å²) in [5, 5.41) is 0. The van der Waals surface area contributed by atoms with E-state index in [2.05, 4.69) is 0 Å². The fourth-order valence-corrected chi connectivity index (χ4v) is 1.16. The summed E-state index contributed by atoms with van der Waals surface area (Å²) >= 11 is 0. The average molecular weight is 208 g/mol. The van der Waals surface area contributed by atoms with Crippen LogP contribution in [0.25, 0.3) is 0 Å². The SMILES string of the molecule is COCc1ccc(OCCC(C)=O)cc1. The van der Waals surface area contributed by atoms with E-state index >= 15 is 0 Å². The van der Waals surface area contributed by atoms with Gasteiger partial charge in [0.05, 0.1) is 13.2 Å². The van der Waals surface area contributed by atoms with E-state index in [1.165, 1.54) is 0 Å². The van der Waals surface area contributed by atoms with Gasteiger partial charge in [-0.1, -0.05) is 12.1 Å². The molecule has 0 aliphatic rings. The predicted octanol–water partition coefficient (Wildman–Crippen LogP) is 2.19. The Hall–Kier alpha value is -1.35. The lowest BCUT2D eigenvalue weighted by Gasteiger charge is -2.05. The van der Waals surface area contributed by atoms with E-state index in [9.17, 15) is 4.79 Å². The monoisotopic (exact) mass is 208 g/mol. The van der Waals surface area contributed by atoms with E-state index in [4.69, 9.17) is 9.47 Å². The lowest BCUT2D eigenvalue weighted by molar-refractivity contribution is -0.117. The van der Waals surface area contributed by atoms with Crippen LogP contribution in [0.4, 0.5) is 0 Å². The van der Waals surface area contributed by atoms with Crippen molar-refractivity contribution in [3.63, 3.8) is 0 Å². The minimum atomic E-state index is 0.144. The summed E-state index contributed by atoms with van der Waals surface area (Å²) in [5.74, 6) is 0.933. The Balaban J connectivity index is 2.39.